The lowest BCUT2D eigenvalue weighted by Gasteiger charge is -2.22. The minimum absolute atomic E-state index is 0.0450. The molecule has 0 bridgehead atoms. The number of hydrogen-bond donors (Lipinski definition) is 0. The van der Waals surface area contributed by atoms with Crippen LogP contribution in [0.1, 0.15) is 5.56 Å². The Labute approximate surface area is 120 Å². The highest BCUT2D eigenvalue weighted by Gasteiger charge is 2.09. The summed E-state index contributed by atoms with van der Waals surface area (Å²) in [6.07, 6.45) is 0. The van der Waals surface area contributed by atoms with Crippen molar-refractivity contribution in [2.75, 3.05) is 0 Å². The van der Waals surface area contributed by atoms with Gasteiger partial charge in [-0.2, -0.15) is 0 Å². The topological polar surface area (TPSA) is 91.4 Å². The first-order chi connectivity index (χ1) is 9.79. The number of rotatable bonds is 4. The monoisotopic (exact) mass is 309 g/mol. The van der Waals surface area contributed by atoms with Crippen molar-refractivity contribution in [3.05, 3.63) is 68.7 Å². The second-order valence-corrected chi connectivity index (χ2v) is 5.85. The lowest BCUT2D eigenvalue weighted by atomic mass is 10.2. The third-order valence-corrected chi connectivity index (χ3v) is 4.05. The molecule has 0 aromatic heterocycles. The molecule has 21 heavy (non-hydrogen) atoms. The van der Waals surface area contributed by atoms with Gasteiger partial charge in [-0.05, 0) is 30.7 Å². The summed E-state index contributed by atoms with van der Waals surface area (Å²) in [7, 11) is -4.05. The van der Waals surface area contributed by atoms with Crippen LogP contribution < -0.4 is 0 Å². The standard InChI is InChI=1S/C13H10FN2O4S/c1-9-2-3-10(8-13(9)14)15-21(19,20)12-6-4-11(5-7-12)16(17)18/h2-8H,1H3/q-1. The quantitative estimate of drug-likeness (QED) is 0.639. The van der Waals surface area contributed by atoms with Crippen molar-refractivity contribution in [3.63, 3.8) is 0 Å². The summed E-state index contributed by atoms with van der Waals surface area (Å²) in [5, 5.41) is 10.5. The molecule has 0 aliphatic rings. The van der Waals surface area contributed by atoms with Crippen molar-refractivity contribution < 1.29 is 17.7 Å². The fraction of sp³-hybridized carbons (Fsp3) is 0.0769. The molecule has 8 heteroatoms. The molecule has 0 spiro atoms. The first-order valence-corrected chi connectivity index (χ1v) is 7.22. The fourth-order valence-electron chi connectivity index (χ4n) is 1.57. The van der Waals surface area contributed by atoms with Crippen LogP contribution in [0.25, 0.3) is 4.72 Å². The molecule has 0 heterocycles. The van der Waals surface area contributed by atoms with Crippen molar-refractivity contribution in [3.8, 4) is 0 Å². The van der Waals surface area contributed by atoms with Gasteiger partial charge in [-0.25, -0.2) is 12.8 Å². The zero-order valence-electron chi connectivity index (χ0n) is 10.9. The number of hydrogen-bond acceptors (Lipinski definition) is 4. The molecule has 2 rings (SSSR count). The summed E-state index contributed by atoms with van der Waals surface area (Å²) in [4.78, 5) is 9.68. The van der Waals surface area contributed by atoms with Gasteiger partial charge >= 0.3 is 0 Å². The first-order valence-electron chi connectivity index (χ1n) is 5.78. The van der Waals surface area contributed by atoms with E-state index in [2.05, 4.69) is 4.72 Å². The maximum absolute atomic E-state index is 13.4. The smallest absolute Gasteiger partial charge is 0.269 e. The van der Waals surface area contributed by atoms with Gasteiger partial charge in [-0.1, -0.05) is 12.1 Å². The van der Waals surface area contributed by atoms with Gasteiger partial charge < -0.3 is 4.72 Å². The molecule has 6 nitrogen and oxygen atoms in total. The molecule has 2 aromatic rings. The second-order valence-electron chi connectivity index (χ2n) is 4.25. The second kappa shape index (κ2) is 5.49. The van der Waals surface area contributed by atoms with E-state index in [-0.39, 0.29) is 16.3 Å². The van der Waals surface area contributed by atoms with Gasteiger partial charge in [-0.15, -0.1) is 5.69 Å². The number of sulfonamides is 1. The molecule has 0 fully saturated rings. The van der Waals surface area contributed by atoms with Crippen molar-refractivity contribution in [2.24, 2.45) is 0 Å². The van der Waals surface area contributed by atoms with Crippen LogP contribution in [0.4, 0.5) is 15.8 Å². The van der Waals surface area contributed by atoms with E-state index in [1.807, 2.05) is 0 Å². The lowest BCUT2D eigenvalue weighted by Crippen LogP contribution is -1.98. The molecule has 0 saturated carbocycles. The van der Waals surface area contributed by atoms with Crippen LogP contribution in [0.15, 0.2) is 47.4 Å². The molecule has 0 unspecified atom stereocenters. The van der Waals surface area contributed by atoms with Crippen molar-refractivity contribution in [1.29, 1.82) is 0 Å². The highest BCUT2D eigenvalue weighted by Crippen LogP contribution is 2.29. The van der Waals surface area contributed by atoms with Gasteiger partial charge in [0.05, 0.1) is 9.82 Å². The highest BCUT2D eigenvalue weighted by molar-refractivity contribution is 7.94. The van der Waals surface area contributed by atoms with Crippen LogP contribution in [0.3, 0.4) is 0 Å². The number of nitro benzene ring substituents is 1. The van der Waals surface area contributed by atoms with Crippen LogP contribution in [-0.4, -0.2) is 13.3 Å². The Morgan fingerprint density at radius 3 is 2.29 bits per heavy atom. The van der Waals surface area contributed by atoms with E-state index in [0.717, 1.165) is 30.3 Å². The molecular formula is C13H10FN2O4S-. The number of nitro groups is 1. The summed E-state index contributed by atoms with van der Waals surface area (Å²) in [6.45, 7) is 1.55. The van der Waals surface area contributed by atoms with E-state index in [4.69, 9.17) is 0 Å². The minimum atomic E-state index is -4.05. The van der Waals surface area contributed by atoms with Gasteiger partial charge in [0.2, 0.25) is 0 Å². The summed E-state index contributed by atoms with van der Waals surface area (Å²) < 4.78 is 40.9. The van der Waals surface area contributed by atoms with Gasteiger partial charge in [0.25, 0.3) is 5.69 Å². The molecule has 2 aromatic carbocycles. The summed E-state index contributed by atoms with van der Waals surface area (Å²) in [6, 6.07) is 8.11. The molecule has 0 N–H and O–H groups in total. The summed E-state index contributed by atoms with van der Waals surface area (Å²) >= 11 is 0. The van der Waals surface area contributed by atoms with E-state index < -0.39 is 20.8 Å². The minimum Gasteiger partial charge on any atom is -0.573 e. The maximum atomic E-state index is 13.4. The van der Waals surface area contributed by atoms with Gasteiger partial charge in [0.15, 0.2) is 0 Å². The third kappa shape index (κ3) is 3.34. The fourth-order valence-corrected chi connectivity index (χ4v) is 2.55. The number of nitrogens with zero attached hydrogens (tertiary/aromatic N) is 2. The maximum Gasteiger partial charge on any atom is 0.269 e. The van der Waals surface area contributed by atoms with E-state index >= 15 is 0 Å². The van der Waals surface area contributed by atoms with Crippen molar-refractivity contribution in [2.45, 2.75) is 11.8 Å². The van der Waals surface area contributed by atoms with Crippen LogP contribution >= 0.6 is 0 Å². The number of benzene rings is 2. The molecule has 0 radical (unpaired) electrons. The van der Waals surface area contributed by atoms with Crippen LogP contribution in [0.2, 0.25) is 0 Å². The van der Waals surface area contributed by atoms with E-state index in [0.29, 0.717) is 5.56 Å². The summed E-state index contributed by atoms with van der Waals surface area (Å²) in [5.41, 5.74) is 0.105. The largest absolute Gasteiger partial charge is 0.573 e. The van der Waals surface area contributed by atoms with E-state index in [1.54, 1.807) is 6.92 Å². The van der Waals surface area contributed by atoms with Crippen LogP contribution in [-0.2, 0) is 10.0 Å². The average Bonchev–Trinajstić information content (AvgIpc) is 2.43. The lowest BCUT2D eigenvalue weighted by molar-refractivity contribution is -0.384. The van der Waals surface area contributed by atoms with Crippen molar-refractivity contribution >= 4 is 21.4 Å². The van der Waals surface area contributed by atoms with Crippen molar-refractivity contribution in [1.82, 2.24) is 0 Å². The zero-order chi connectivity index (χ0) is 15.6. The predicted molar refractivity (Wildman–Crippen MR) is 74.4 cm³/mol. The Bertz CT molecular complexity index is 788. The molecule has 0 aliphatic heterocycles. The normalized spacial score (nSPS) is 11.1. The van der Waals surface area contributed by atoms with Gasteiger partial charge in [-0.3, -0.25) is 10.1 Å². The molecule has 0 aliphatic carbocycles. The van der Waals surface area contributed by atoms with Crippen LogP contribution in [0, 0.1) is 22.9 Å². The molecule has 0 atom stereocenters. The average molecular weight is 309 g/mol. The highest BCUT2D eigenvalue weighted by atomic mass is 32.2. The van der Waals surface area contributed by atoms with Gasteiger partial charge in [0.1, 0.15) is 15.8 Å². The molecule has 0 amide bonds. The Hall–Kier alpha value is -2.48. The molecule has 110 valence electrons. The van der Waals surface area contributed by atoms with Gasteiger partial charge in [0, 0.05) is 12.1 Å². The number of aryl methyl sites for hydroxylation is 1. The Morgan fingerprint density at radius 1 is 1.14 bits per heavy atom. The third-order valence-electron chi connectivity index (χ3n) is 2.73. The zero-order valence-corrected chi connectivity index (χ0v) is 11.7. The Kier molecular flexibility index (Phi) is 3.90. The van der Waals surface area contributed by atoms with Crippen LogP contribution in [0.5, 0.6) is 0 Å². The number of halogens is 1. The first kappa shape index (κ1) is 14.9. The van der Waals surface area contributed by atoms with E-state index in [1.165, 1.54) is 12.1 Å². The molecule has 0 saturated heterocycles. The Balaban J connectivity index is 2.29. The van der Waals surface area contributed by atoms with E-state index in [9.17, 15) is 22.9 Å². The molecular weight excluding hydrogens is 299 g/mol. The SMILES string of the molecule is Cc1ccc([N-]S(=O)(=O)c2ccc([N+](=O)[O-])cc2)cc1F. The predicted octanol–water partition coefficient (Wildman–Crippen LogP) is 3.44. The Morgan fingerprint density at radius 2 is 1.76 bits per heavy atom. The number of non-ortho nitro benzene ring substituents is 1. The summed E-state index contributed by atoms with van der Waals surface area (Å²) in [5.74, 6) is -0.560.